The molecule has 0 radical (unpaired) electrons. The van der Waals surface area contributed by atoms with Gasteiger partial charge in [0.2, 0.25) is 0 Å². The highest BCUT2D eigenvalue weighted by Crippen LogP contribution is 2.14. The highest BCUT2D eigenvalue weighted by atomic mass is 35.5. The lowest BCUT2D eigenvalue weighted by Gasteiger charge is -2.04. The van der Waals surface area contributed by atoms with Crippen molar-refractivity contribution in [2.24, 2.45) is 0 Å². The largest absolute Gasteiger partial charge is 0.298 e. The molecule has 0 aromatic heterocycles. The number of hydrogen-bond donors (Lipinski definition) is 0. The van der Waals surface area contributed by atoms with Gasteiger partial charge >= 0.3 is 0 Å². The Morgan fingerprint density at radius 2 is 2.20 bits per heavy atom. The number of benzene rings is 1. The van der Waals surface area contributed by atoms with Gasteiger partial charge < -0.3 is 0 Å². The fraction of sp³-hybridized carbons (Fsp3) is 0.417. The van der Waals surface area contributed by atoms with E-state index < -0.39 is 0 Å². The fourth-order valence-corrected chi connectivity index (χ4v) is 2.02. The maximum atomic E-state index is 11.6. The van der Waals surface area contributed by atoms with Crippen LogP contribution in [0.1, 0.15) is 19.4 Å². The van der Waals surface area contributed by atoms with Gasteiger partial charge in [0.05, 0.1) is 5.75 Å². The van der Waals surface area contributed by atoms with E-state index in [9.17, 15) is 4.79 Å². The smallest absolute Gasteiger partial charge is 0.147 e. The fourth-order valence-electron chi connectivity index (χ4n) is 1.19. The SMILES string of the molecule is CC(C)SCC(=O)Cc1cccc(Cl)c1. The molecule has 0 spiro atoms. The van der Waals surface area contributed by atoms with Crippen LogP contribution in [-0.4, -0.2) is 16.8 Å². The quantitative estimate of drug-likeness (QED) is 0.785. The van der Waals surface area contributed by atoms with Gasteiger partial charge in [0.1, 0.15) is 5.78 Å². The average Bonchev–Trinajstić information content (AvgIpc) is 2.15. The summed E-state index contributed by atoms with van der Waals surface area (Å²) in [7, 11) is 0. The summed E-state index contributed by atoms with van der Waals surface area (Å²) in [6.45, 7) is 4.19. The van der Waals surface area contributed by atoms with Crippen molar-refractivity contribution in [2.75, 3.05) is 5.75 Å². The van der Waals surface area contributed by atoms with Gasteiger partial charge in [-0.25, -0.2) is 0 Å². The van der Waals surface area contributed by atoms with Crippen molar-refractivity contribution in [3.8, 4) is 0 Å². The van der Waals surface area contributed by atoms with Crippen LogP contribution in [-0.2, 0) is 11.2 Å². The Labute approximate surface area is 100 Å². The zero-order valence-corrected chi connectivity index (χ0v) is 10.6. The van der Waals surface area contributed by atoms with Crippen LogP contribution in [0.5, 0.6) is 0 Å². The molecule has 0 aliphatic heterocycles. The molecular formula is C12H15ClOS. The summed E-state index contributed by atoms with van der Waals surface area (Å²) >= 11 is 7.52. The molecule has 0 aliphatic rings. The van der Waals surface area contributed by atoms with E-state index in [4.69, 9.17) is 11.6 Å². The van der Waals surface area contributed by atoms with E-state index >= 15 is 0 Å². The van der Waals surface area contributed by atoms with Crippen LogP contribution in [0.2, 0.25) is 5.02 Å². The minimum Gasteiger partial charge on any atom is -0.298 e. The predicted octanol–water partition coefficient (Wildman–Crippen LogP) is 3.59. The van der Waals surface area contributed by atoms with Crippen LogP contribution >= 0.6 is 23.4 Å². The topological polar surface area (TPSA) is 17.1 Å². The number of carbonyl (C=O) groups excluding carboxylic acids is 1. The molecule has 1 aromatic rings. The molecule has 0 saturated carbocycles. The third-order valence-electron chi connectivity index (χ3n) is 1.87. The zero-order chi connectivity index (χ0) is 11.3. The average molecular weight is 243 g/mol. The van der Waals surface area contributed by atoms with Crippen LogP contribution in [0.25, 0.3) is 0 Å². The van der Waals surface area contributed by atoms with E-state index in [1.54, 1.807) is 11.8 Å². The molecule has 0 unspecified atom stereocenters. The molecule has 0 amide bonds. The molecule has 0 aliphatic carbocycles. The van der Waals surface area contributed by atoms with Crippen LogP contribution < -0.4 is 0 Å². The summed E-state index contributed by atoms with van der Waals surface area (Å²) in [5.74, 6) is 0.848. The van der Waals surface area contributed by atoms with Crippen molar-refractivity contribution >= 4 is 29.1 Å². The molecule has 0 fully saturated rings. The van der Waals surface area contributed by atoms with Gasteiger partial charge in [-0.15, -0.1) is 0 Å². The van der Waals surface area contributed by atoms with E-state index in [2.05, 4.69) is 13.8 Å². The van der Waals surface area contributed by atoms with Crippen molar-refractivity contribution in [2.45, 2.75) is 25.5 Å². The maximum Gasteiger partial charge on any atom is 0.147 e. The molecule has 1 nitrogen and oxygen atoms in total. The summed E-state index contributed by atoms with van der Waals surface area (Å²) in [5.41, 5.74) is 0.997. The van der Waals surface area contributed by atoms with Gasteiger partial charge in [-0.3, -0.25) is 4.79 Å². The molecular weight excluding hydrogens is 228 g/mol. The first-order chi connectivity index (χ1) is 7.08. The van der Waals surface area contributed by atoms with Crippen molar-refractivity contribution in [1.29, 1.82) is 0 Å². The van der Waals surface area contributed by atoms with Gasteiger partial charge in [0.25, 0.3) is 0 Å². The summed E-state index contributed by atoms with van der Waals surface area (Å²) in [4.78, 5) is 11.6. The maximum absolute atomic E-state index is 11.6. The molecule has 0 saturated heterocycles. The van der Waals surface area contributed by atoms with E-state index in [1.165, 1.54) is 0 Å². The first-order valence-corrected chi connectivity index (χ1v) is 6.38. The Hall–Kier alpha value is -0.470. The summed E-state index contributed by atoms with van der Waals surface area (Å²) in [5, 5.41) is 1.20. The third kappa shape index (κ3) is 5.24. The number of carbonyl (C=O) groups is 1. The number of halogens is 1. The van der Waals surface area contributed by atoms with E-state index in [-0.39, 0.29) is 5.78 Å². The van der Waals surface area contributed by atoms with Gasteiger partial charge in [0, 0.05) is 11.4 Å². The molecule has 0 N–H and O–H groups in total. The Morgan fingerprint density at radius 1 is 1.47 bits per heavy atom. The number of rotatable bonds is 5. The zero-order valence-electron chi connectivity index (χ0n) is 9.00. The molecule has 15 heavy (non-hydrogen) atoms. The second kappa shape index (κ2) is 6.19. The van der Waals surface area contributed by atoms with Gasteiger partial charge in [-0.2, -0.15) is 11.8 Å². The lowest BCUT2D eigenvalue weighted by atomic mass is 10.1. The Morgan fingerprint density at radius 3 is 2.80 bits per heavy atom. The summed E-state index contributed by atoms with van der Waals surface area (Å²) in [6, 6.07) is 7.47. The number of ketones is 1. The monoisotopic (exact) mass is 242 g/mol. The molecule has 0 atom stereocenters. The summed E-state index contributed by atoms with van der Waals surface area (Å²) < 4.78 is 0. The van der Waals surface area contributed by atoms with E-state index in [0.717, 1.165) is 5.56 Å². The molecule has 0 heterocycles. The highest BCUT2D eigenvalue weighted by molar-refractivity contribution is 8.00. The minimum atomic E-state index is 0.260. The molecule has 82 valence electrons. The second-order valence-electron chi connectivity index (χ2n) is 3.71. The lowest BCUT2D eigenvalue weighted by molar-refractivity contribution is -0.116. The van der Waals surface area contributed by atoms with Crippen LogP contribution in [0, 0.1) is 0 Å². The Balaban J connectivity index is 2.44. The van der Waals surface area contributed by atoms with Gasteiger partial charge in [-0.1, -0.05) is 37.6 Å². The van der Waals surface area contributed by atoms with E-state index in [0.29, 0.717) is 22.4 Å². The van der Waals surface area contributed by atoms with Crippen molar-refractivity contribution in [1.82, 2.24) is 0 Å². The second-order valence-corrected chi connectivity index (χ2v) is 5.71. The van der Waals surface area contributed by atoms with Gasteiger partial charge in [-0.05, 0) is 22.9 Å². The van der Waals surface area contributed by atoms with Crippen molar-refractivity contribution in [3.05, 3.63) is 34.9 Å². The lowest BCUT2D eigenvalue weighted by Crippen LogP contribution is -2.07. The van der Waals surface area contributed by atoms with Gasteiger partial charge in [0.15, 0.2) is 0 Å². The van der Waals surface area contributed by atoms with Crippen molar-refractivity contribution in [3.63, 3.8) is 0 Å². The highest BCUT2D eigenvalue weighted by Gasteiger charge is 2.05. The first kappa shape index (κ1) is 12.6. The molecule has 1 rings (SSSR count). The standard InChI is InChI=1S/C12H15ClOS/c1-9(2)15-8-12(14)7-10-4-3-5-11(13)6-10/h3-6,9H,7-8H2,1-2H3. The van der Waals surface area contributed by atoms with E-state index in [1.807, 2.05) is 24.3 Å². The molecule has 1 aromatic carbocycles. The van der Waals surface area contributed by atoms with Crippen LogP contribution in [0.3, 0.4) is 0 Å². The normalized spacial score (nSPS) is 10.7. The number of hydrogen-bond acceptors (Lipinski definition) is 2. The first-order valence-electron chi connectivity index (χ1n) is 4.95. The number of Topliss-reactive ketones (excluding diaryl/α,β-unsaturated/α-hetero) is 1. The molecule has 0 bridgehead atoms. The summed E-state index contributed by atoms with van der Waals surface area (Å²) in [6.07, 6.45) is 0.486. The third-order valence-corrected chi connectivity index (χ3v) is 3.26. The predicted molar refractivity (Wildman–Crippen MR) is 67.8 cm³/mol. The molecule has 3 heteroatoms. The van der Waals surface area contributed by atoms with Crippen LogP contribution in [0.4, 0.5) is 0 Å². The Kier molecular flexibility index (Phi) is 5.20. The Bertz CT molecular complexity index is 336. The minimum absolute atomic E-state index is 0.260. The van der Waals surface area contributed by atoms with Crippen LogP contribution in [0.15, 0.2) is 24.3 Å². The van der Waals surface area contributed by atoms with Crippen molar-refractivity contribution < 1.29 is 4.79 Å². The number of thioether (sulfide) groups is 1.